The summed E-state index contributed by atoms with van der Waals surface area (Å²) < 4.78 is 34.5. The monoisotopic (exact) mass is 729 g/mol. The van der Waals surface area contributed by atoms with E-state index in [1.54, 1.807) is 12.7 Å². The lowest BCUT2D eigenvalue weighted by atomic mass is 9.99. The minimum atomic E-state index is -2.06. The van der Waals surface area contributed by atoms with Crippen LogP contribution in [0.4, 0.5) is 11.5 Å². The molecule has 3 aromatic rings. The number of benzene rings is 1. The van der Waals surface area contributed by atoms with Gasteiger partial charge in [-0.2, -0.15) is 0 Å². The van der Waals surface area contributed by atoms with Gasteiger partial charge in [0.2, 0.25) is 0 Å². The van der Waals surface area contributed by atoms with Crippen molar-refractivity contribution in [1.82, 2.24) is 19.5 Å². The van der Waals surface area contributed by atoms with E-state index in [0.717, 1.165) is 11.4 Å². The number of fused-ring (bicyclic) bond motifs is 1. The van der Waals surface area contributed by atoms with Crippen molar-refractivity contribution in [1.29, 1.82) is 0 Å². The number of hydrogen-bond donors (Lipinski definition) is 1. The lowest BCUT2D eigenvalue weighted by Gasteiger charge is -2.39. The van der Waals surface area contributed by atoms with Crippen LogP contribution in [0.25, 0.3) is 11.2 Å². The summed E-state index contributed by atoms with van der Waals surface area (Å²) in [5.74, 6) is 1.95. The third kappa shape index (κ3) is 9.80. The van der Waals surface area contributed by atoms with Crippen molar-refractivity contribution in [3.8, 4) is 5.75 Å². The summed E-state index contributed by atoms with van der Waals surface area (Å²) in [6.45, 7) is 33.4. The van der Waals surface area contributed by atoms with Crippen LogP contribution in [-0.4, -0.2) is 77.9 Å². The van der Waals surface area contributed by atoms with Gasteiger partial charge in [-0.05, 0) is 59.4 Å². The molecule has 1 fully saturated rings. The Hall–Kier alpha value is -2.14. The molecule has 3 heterocycles. The van der Waals surface area contributed by atoms with Gasteiger partial charge in [0.1, 0.15) is 31.0 Å². The normalized spacial score (nSPS) is 19.9. The maximum Gasteiger partial charge on any atom is 0.192 e. The average Bonchev–Trinajstić information content (AvgIpc) is 3.58. The summed E-state index contributed by atoms with van der Waals surface area (Å²) >= 11 is 0. The first-order valence-corrected chi connectivity index (χ1v) is 24.9. The number of anilines is 2. The second-order valence-corrected chi connectivity index (χ2v) is 29.7. The lowest BCUT2D eigenvalue weighted by Crippen LogP contribution is -2.46. The molecule has 0 unspecified atom stereocenters. The van der Waals surface area contributed by atoms with Gasteiger partial charge in [-0.3, -0.25) is 4.57 Å². The summed E-state index contributed by atoms with van der Waals surface area (Å²) in [6.07, 6.45) is 3.56. The molecule has 3 atom stereocenters. The molecule has 1 aromatic carbocycles. The standard InChI is InChI=1S/C36H63N5O5Si3/c1-25(2)36(9,10)47-43-22-29-28(46-49(13,14)35(6,7)8)21-30(45-29)41-24-39-31-32(37-23-38-33(31)41)40-26-16-15-17-27(20-26)42-18-19-44-48(11,12)34(3,4)5/h15-17,20,23-25,28-30H,18-19,21-22,47H2,1-14H3,(H,37,38,40)/t28-,29+,30+/m0/s1. The van der Waals surface area contributed by atoms with E-state index in [9.17, 15) is 0 Å². The summed E-state index contributed by atoms with van der Waals surface area (Å²) in [7, 11) is -4.65. The lowest BCUT2D eigenvalue weighted by molar-refractivity contribution is -0.0364. The second kappa shape index (κ2) is 15.2. The van der Waals surface area contributed by atoms with Crippen LogP contribution < -0.4 is 10.1 Å². The fourth-order valence-electron chi connectivity index (χ4n) is 4.93. The smallest absolute Gasteiger partial charge is 0.192 e. The number of hydrogen-bond acceptors (Lipinski definition) is 9. The molecule has 2 aromatic heterocycles. The largest absolute Gasteiger partial charge is 0.491 e. The molecule has 1 aliphatic heterocycles. The van der Waals surface area contributed by atoms with Crippen molar-refractivity contribution in [2.75, 3.05) is 25.1 Å². The molecule has 1 N–H and O–H groups in total. The molecule has 0 saturated carbocycles. The Morgan fingerprint density at radius 2 is 1.65 bits per heavy atom. The van der Waals surface area contributed by atoms with E-state index in [-0.39, 0.29) is 33.6 Å². The van der Waals surface area contributed by atoms with Crippen LogP contribution >= 0.6 is 0 Å². The molecule has 1 aliphatic rings. The number of rotatable bonds is 15. The van der Waals surface area contributed by atoms with E-state index in [1.807, 2.05) is 28.8 Å². The molecular formula is C36H63N5O5Si3. The Labute approximate surface area is 299 Å². The number of ether oxygens (including phenoxy) is 2. The maximum atomic E-state index is 6.98. The summed E-state index contributed by atoms with van der Waals surface area (Å²) in [5, 5.41) is 3.89. The zero-order valence-electron chi connectivity index (χ0n) is 32.6. The predicted octanol–water partition coefficient (Wildman–Crippen LogP) is 8.60. The molecule has 0 aliphatic carbocycles. The van der Waals surface area contributed by atoms with Gasteiger partial charge in [0.05, 0.1) is 25.6 Å². The quantitative estimate of drug-likeness (QED) is 0.122. The summed E-state index contributed by atoms with van der Waals surface area (Å²) in [4.78, 5) is 14.0. The van der Waals surface area contributed by atoms with Gasteiger partial charge in [-0.15, -0.1) is 0 Å². The molecule has 49 heavy (non-hydrogen) atoms. The highest BCUT2D eigenvalue weighted by molar-refractivity contribution is 6.74. The highest BCUT2D eigenvalue weighted by Crippen LogP contribution is 2.42. The van der Waals surface area contributed by atoms with Crippen LogP contribution in [0.2, 0.25) is 41.3 Å². The van der Waals surface area contributed by atoms with Gasteiger partial charge in [0.15, 0.2) is 43.4 Å². The van der Waals surface area contributed by atoms with Crippen LogP contribution in [0.15, 0.2) is 36.9 Å². The summed E-state index contributed by atoms with van der Waals surface area (Å²) in [5.41, 5.74) is 2.23. The molecule has 4 rings (SSSR count). The fraction of sp³-hybridized carbons (Fsp3) is 0.694. The Kier molecular flexibility index (Phi) is 12.3. The Morgan fingerprint density at radius 3 is 2.31 bits per heavy atom. The Bertz CT molecular complexity index is 1530. The van der Waals surface area contributed by atoms with E-state index in [1.165, 1.54) is 0 Å². The first-order valence-electron chi connectivity index (χ1n) is 17.8. The highest BCUT2D eigenvalue weighted by Gasteiger charge is 2.45. The van der Waals surface area contributed by atoms with Gasteiger partial charge in [0, 0.05) is 18.2 Å². The van der Waals surface area contributed by atoms with Crippen molar-refractivity contribution < 1.29 is 22.8 Å². The minimum absolute atomic E-state index is 0.0750. The van der Waals surface area contributed by atoms with Crippen molar-refractivity contribution in [2.45, 2.75) is 135 Å². The first kappa shape index (κ1) is 39.6. The third-order valence-corrected chi connectivity index (χ3v) is 22.2. The Morgan fingerprint density at radius 1 is 0.959 bits per heavy atom. The topological polar surface area (TPSA) is 102 Å². The van der Waals surface area contributed by atoms with Crippen LogP contribution in [-0.2, 0) is 18.0 Å². The molecule has 0 spiro atoms. The van der Waals surface area contributed by atoms with E-state index in [4.69, 9.17) is 27.7 Å². The molecule has 10 nitrogen and oxygen atoms in total. The van der Waals surface area contributed by atoms with Crippen molar-refractivity contribution in [3.05, 3.63) is 36.9 Å². The van der Waals surface area contributed by atoms with Crippen molar-refractivity contribution in [2.24, 2.45) is 5.92 Å². The van der Waals surface area contributed by atoms with Crippen LogP contribution in [0.1, 0.15) is 81.9 Å². The van der Waals surface area contributed by atoms with Gasteiger partial charge in [0.25, 0.3) is 0 Å². The van der Waals surface area contributed by atoms with Gasteiger partial charge < -0.3 is 28.1 Å². The molecule has 13 heteroatoms. The number of imidazole rings is 1. The highest BCUT2D eigenvalue weighted by atomic mass is 28.4. The van der Waals surface area contributed by atoms with Crippen LogP contribution in [0, 0.1) is 5.92 Å². The second-order valence-electron chi connectivity index (χ2n) is 17.6. The predicted molar refractivity (Wildman–Crippen MR) is 208 cm³/mol. The molecule has 274 valence electrons. The Balaban J connectivity index is 1.48. The molecule has 0 amide bonds. The minimum Gasteiger partial charge on any atom is -0.491 e. The fourth-order valence-corrected chi connectivity index (χ4v) is 8.53. The van der Waals surface area contributed by atoms with Crippen LogP contribution in [0.5, 0.6) is 5.75 Å². The number of nitrogens with zero attached hydrogens (tertiary/aromatic N) is 4. The molecule has 0 radical (unpaired) electrons. The zero-order chi connectivity index (χ0) is 36.4. The number of nitrogens with one attached hydrogen (secondary N) is 1. The molecular weight excluding hydrogens is 667 g/mol. The first-order chi connectivity index (χ1) is 22.6. The van der Waals surface area contributed by atoms with E-state index in [2.05, 4.69) is 111 Å². The SMILES string of the molecule is CC(C)C(C)(C)[SiH2]OC[C@H]1O[C@@H](n2cnc3c(Nc4cccc(OCCO[Si](C)(C)C(C)(C)C)c4)ncnc32)C[C@@H]1O[Si](C)(C)C(C)(C)C. The summed E-state index contributed by atoms with van der Waals surface area (Å²) in [6, 6.07) is 7.87. The van der Waals surface area contributed by atoms with Gasteiger partial charge >= 0.3 is 0 Å². The van der Waals surface area contributed by atoms with Crippen molar-refractivity contribution in [3.63, 3.8) is 0 Å². The molecule has 1 saturated heterocycles. The van der Waals surface area contributed by atoms with E-state index >= 15 is 0 Å². The van der Waals surface area contributed by atoms with Crippen LogP contribution in [0.3, 0.4) is 0 Å². The zero-order valence-corrected chi connectivity index (χ0v) is 36.1. The van der Waals surface area contributed by atoms with E-state index < -0.39 is 26.4 Å². The van der Waals surface area contributed by atoms with Gasteiger partial charge in [-0.25, -0.2) is 15.0 Å². The maximum absolute atomic E-state index is 6.98. The van der Waals surface area contributed by atoms with Crippen molar-refractivity contribution >= 4 is 49.1 Å². The molecule has 0 bridgehead atoms. The average molecular weight is 730 g/mol. The number of aromatic nitrogens is 4. The van der Waals surface area contributed by atoms with Gasteiger partial charge in [-0.1, -0.05) is 75.3 Å². The third-order valence-electron chi connectivity index (χ3n) is 11.1. The van der Waals surface area contributed by atoms with E-state index in [0.29, 0.717) is 49.1 Å².